The summed E-state index contributed by atoms with van der Waals surface area (Å²) in [5.41, 5.74) is 6.31. The van der Waals surface area contributed by atoms with Crippen LogP contribution in [0.2, 0.25) is 0 Å². The van der Waals surface area contributed by atoms with Crippen LogP contribution in [-0.4, -0.2) is 114 Å². The fraction of sp³-hybridized carbons (Fsp3) is 0.449. The second-order valence-corrected chi connectivity index (χ2v) is 22.0. The first-order valence-corrected chi connectivity index (χ1v) is 26.9. The third-order valence-electron chi connectivity index (χ3n) is 12.8. The quantitative estimate of drug-likeness (QED) is 0.0281. The average Bonchev–Trinajstić information content (AvgIpc) is 3.66. The van der Waals surface area contributed by atoms with E-state index in [4.69, 9.17) is 14.5 Å². The minimum Gasteiger partial charge on any atom is -0.494 e. The van der Waals surface area contributed by atoms with Crippen LogP contribution in [0.15, 0.2) is 65.5 Å². The van der Waals surface area contributed by atoms with E-state index in [9.17, 15) is 18.9 Å². The van der Waals surface area contributed by atoms with Crippen LogP contribution < -0.4 is 46.3 Å². The Bertz CT molecular complexity index is 2690. The minimum atomic E-state index is -2.77. The van der Waals surface area contributed by atoms with Crippen LogP contribution >= 0.6 is 23.1 Å². The number of carbonyl (C=O) groups excluding carboxylic acids is 3. The van der Waals surface area contributed by atoms with Crippen LogP contribution in [0.1, 0.15) is 79.3 Å². The Kier molecular flexibility index (Phi) is 15.9. The number of aromatic nitrogens is 4. The van der Waals surface area contributed by atoms with Crippen LogP contribution in [0, 0.1) is 6.92 Å². The Labute approximate surface area is 405 Å². The number of aryl methyl sites for hydroxylation is 1. The lowest BCUT2D eigenvalue weighted by Crippen LogP contribution is -2.52. The number of hydrogen-bond acceptors (Lipinski definition) is 15. The summed E-state index contributed by atoms with van der Waals surface area (Å²) in [6.07, 6.45) is 13.0. The molecule has 1 unspecified atom stereocenters. The summed E-state index contributed by atoms with van der Waals surface area (Å²) in [6, 6.07) is 13.2. The van der Waals surface area contributed by atoms with E-state index in [1.807, 2.05) is 24.3 Å². The maximum absolute atomic E-state index is 13.5. The number of benzene rings is 3. The normalized spacial score (nSPS) is 16.5. The van der Waals surface area contributed by atoms with Gasteiger partial charge in [-0.3, -0.25) is 29.7 Å². The maximum Gasteiger partial charge on any atom is 0.255 e. The van der Waals surface area contributed by atoms with Crippen molar-refractivity contribution in [1.82, 2.24) is 40.8 Å². The topological polar surface area (TPSA) is 205 Å². The Morgan fingerprint density at radius 2 is 1.68 bits per heavy atom. The summed E-state index contributed by atoms with van der Waals surface area (Å²) < 4.78 is 26.1. The SMILES string of the molecule is COc1cc(N2CCC(NCCNCCCCCCCOc3cccc4c3CN(C3CCC(=O)NC3=O)C4=O)CC2)c(C)cc1Nc1ncc(Br)c(Nc2ccc3nccnc3c2P(C)(C)=O)n1. The molecule has 5 heterocycles. The molecule has 2 aromatic heterocycles. The Morgan fingerprint density at radius 3 is 2.47 bits per heavy atom. The van der Waals surface area contributed by atoms with Gasteiger partial charge in [-0.1, -0.05) is 25.3 Å². The van der Waals surface area contributed by atoms with Gasteiger partial charge in [-0.05, 0) is 111 Å². The van der Waals surface area contributed by atoms with Gasteiger partial charge in [0.15, 0.2) is 0 Å². The molecule has 5 N–H and O–H groups in total. The molecular formula is C49H61BrN11O6P. The van der Waals surface area contributed by atoms with Gasteiger partial charge in [0.1, 0.15) is 36.0 Å². The highest BCUT2D eigenvalue weighted by molar-refractivity contribution is 9.10. The van der Waals surface area contributed by atoms with Crippen molar-refractivity contribution in [3.8, 4) is 11.5 Å². The van der Waals surface area contributed by atoms with Crippen molar-refractivity contribution in [2.75, 3.05) is 75.3 Å². The molecule has 0 saturated carbocycles. The Balaban J connectivity index is 0.719. The number of halogens is 1. The first-order chi connectivity index (χ1) is 32.9. The predicted octanol–water partition coefficient (Wildman–Crippen LogP) is 7.17. The van der Waals surface area contributed by atoms with Gasteiger partial charge in [-0.15, -0.1) is 0 Å². The Hall–Kier alpha value is -5.68. The lowest BCUT2D eigenvalue weighted by molar-refractivity contribution is -0.136. The summed E-state index contributed by atoms with van der Waals surface area (Å²) in [5, 5.41) is 17.0. The van der Waals surface area contributed by atoms with Gasteiger partial charge in [0.25, 0.3) is 5.91 Å². The zero-order valence-electron chi connectivity index (χ0n) is 39.2. The number of anilines is 5. The average molecular weight is 1010 g/mol. The maximum atomic E-state index is 13.5. The molecule has 17 nitrogen and oxygen atoms in total. The molecule has 3 aliphatic rings. The molecule has 5 aromatic rings. The van der Waals surface area contributed by atoms with E-state index in [2.05, 4.69) is 81.4 Å². The van der Waals surface area contributed by atoms with Gasteiger partial charge in [0.2, 0.25) is 17.8 Å². The number of piperidine rings is 2. The second-order valence-electron chi connectivity index (χ2n) is 18.0. The number of methoxy groups -OCH3 is 1. The van der Waals surface area contributed by atoms with Gasteiger partial charge >= 0.3 is 0 Å². The number of unbranched alkanes of at least 4 members (excludes halogenated alkanes) is 4. The molecular weight excluding hydrogens is 949 g/mol. The first-order valence-electron chi connectivity index (χ1n) is 23.5. The van der Waals surface area contributed by atoms with E-state index in [1.165, 1.54) is 0 Å². The zero-order valence-corrected chi connectivity index (χ0v) is 41.7. The third kappa shape index (κ3) is 11.6. The molecule has 8 rings (SSSR count). The van der Waals surface area contributed by atoms with Gasteiger partial charge in [0.05, 0.1) is 46.9 Å². The first kappa shape index (κ1) is 48.8. The van der Waals surface area contributed by atoms with E-state index in [0.29, 0.717) is 80.9 Å². The van der Waals surface area contributed by atoms with Crippen molar-refractivity contribution < 1.29 is 28.4 Å². The highest BCUT2D eigenvalue weighted by Crippen LogP contribution is 2.42. The summed E-state index contributed by atoms with van der Waals surface area (Å²) in [6.45, 7) is 11.2. The van der Waals surface area contributed by atoms with Crippen molar-refractivity contribution in [3.63, 3.8) is 0 Å². The highest BCUT2D eigenvalue weighted by atomic mass is 79.9. The summed E-state index contributed by atoms with van der Waals surface area (Å²) in [5.74, 6) is 1.37. The number of ether oxygens (including phenoxy) is 2. The largest absolute Gasteiger partial charge is 0.494 e. The zero-order chi connectivity index (χ0) is 47.8. The van der Waals surface area contributed by atoms with E-state index in [0.717, 1.165) is 100 Å². The van der Waals surface area contributed by atoms with Gasteiger partial charge in [0, 0.05) is 80.1 Å². The van der Waals surface area contributed by atoms with Crippen LogP contribution in [0.4, 0.5) is 28.8 Å². The van der Waals surface area contributed by atoms with Crippen LogP contribution in [0.25, 0.3) is 11.0 Å². The van der Waals surface area contributed by atoms with E-state index in [-0.39, 0.29) is 18.2 Å². The number of carbonyl (C=O) groups is 3. The third-order valence-corrected chi connectivity index (χ3v) is 14.9. The number of fused-ring (bicyclic) bond motifs is 2. The predicted molar refractivity (Wildman–Crippen MR) is 270 cm³/mol. The van der Waals surface area contributed by atoms with Crippen LogP contribution in [-0.2, 0) is 20.7 Å². The summed E-state index contributed by atoms with van der Waals surface area (Å²) in [7, 11) is -1.10. The summed E-state index contributed by atoms with van der Waals surface area (Å²) in [4.78, 5) is 59.3. The van der Waals surface area contributed by atoms with Crippen molar-refractivity contribution in [1.29, 1.82) is 0 Å². The number of nitrogens with zero attached hydrogens (tertiary/aromatic N) is 6. The van der Waals surface area contributed by atoms with Crippen molar-refractivity contribution in [3.05, 3.63) is 82.2 Å². The fourth-order valence-corrected chi connectivity index (χ4v) is 11.0. The van der Waals surface area contributed by atoms with E-state index >= 15 is 0 Å². The molecule has 0 radical (unpaired) electrons. The van der Waals surface area contributed by atoms with Gasteiger partial charge in [-0.25, -0.2) is 4.98 Å². The molecule has 2 saturated heterocycles. The van der Waals surface area contributed by atoms with E-state index in [1.54, 1.807) is 50.0 Å². The molecule has 68 heavy (non-hydrogen) atoms. The second kappa shape index (κ2) is 22.2. The lowest BCUT2D eigenvalue weighted by atomic mass is 10.0. The van der Waals surface area contributed by atoms with Crippen LogP contribution in [0.3, 0.4) is 0 Å². The molecule has 0 spiro atoms. The molecule has 3 amide bonds. The van der Waals surface area contributed by atoms with Crippen molar-refractivity contribution >= 4 is 86.0 Å². The fourth-order valence-electron chi connectivity index (χ4n) is 9.29. The van der Waals surface area contributed by atoms with Crippen LogP contribution in [0.5, 0.6) is 11.5 Å². The number of rotatable bonds is 21. The molecule has 1 atom stereocenters. The molecule has 3 aliphatic heterocycles. The molecule has 0 aliphatic carbocycles. The van der Waals surface area contributed by atoms with Gasteiger partial charge in [-0.2, -0.15) is 4.98 Å². The monoisotopic (exact) mass is 1010 g/mol. The van der Waals surface area contributed by atoms with Gasteiger partial charge < -0.3 is 45.1 Å². The molecule has 360 valence electrons. The molecule has 2 fully saturated rings. The number of nitrogens with one attached hydrogen (secondary N) is 5. The molecule has 3 aromatic carbocycles. The standard InChI is InChI=1S/C49H61BrN11O6P/c1-31-27-38(57-49-55-29-35(50)46(59-49)56-37-14-13-36-44(54-23-22-53-36)45(37)68(3,4)65)42(66-2)28-40(31)60-24-17-32(18-25-60)52-21-20-51-19-8-6-5-7-9-26-67-41-12-10-11-33-34(41)30-61(48(33)64)39-15-16-43(62)58-47(39)63/h10-14,22-23,27-29,32,39,51-52H,5-9,15-21,24-26,30H2,1-4H3,(H,58,62,63)(H2,55,56,57,59). The smallest absolute Gasteiger partial charge is 0.255 e. The lowest BCUT2D eigenvalue weighted by Gasteiger charge is -2.35. The van der Waals surface area contributed by atoms with Crippen molar-refractivity contribution in [2.45, 2.75) is 83.3 Å². The summed E-state index contributed by atoms with van der Waals surface area (Å²) >= 11 is 3.58. The van der Waals surface area contributed by atoms with Crippen molar-refractivity contribution in [2.24, 2.45) is 0 Å². The number of amides is 3. The minimum absolute atomic E-state index is 0.186. The highest BCUT2D eigenvalue weighted by Gasteiger charge is 2.40. The Morgan fingerprint density at radius 1 is 0.882 bits per heavy atom. The number of imide groups is 1. The molecule has 0 bridgehead atoms. The number of hydrogen-bond donors (Lipinski definition) is 5. The van der Waals surface area contributed by atoms with E-state index < -0.39 is 19.1 Å². The molecule has 19 heteroatoms.